The van der Waals surface area contributed by atoms with Crippen molar-refractivity contribution in [1.29, 1.82) is 5.26 Å². The molecule has 0 amide bonds. The van der Waals surface area contributed by atoms with Gasteiger partial charge in [-0.25, -0.2) is 9.97 Å². The Labute approximate surface area is 173 Å². The summed E-state index contributed by atoms with van der Waals surface area (Å²) in [7, 11) is 0. The van der Waals surface area contributed by atoms with Gasteiger partial charge in [0, 0.05) is 23.5 Å². The average Bonchev–Trinajstić information content (AvgIpc) is 3.09. The molecule has 0 spiro atoms. The number of thiazole rings is 1. The lowest BCUT2D eigenvalue weighted by Crippen LogP contribution is -1.95. The lowest BCUT2D eigenvalue weighted by atomic mass is 10.1. The van der Waals surface area contributed by atoms with E-state index in [1.54, 1.807) is 6.20 Å². The summed E-state index contributed by atoms with van der Waals surface area (Å²) >= 11 is 1.52. The molecule has 0 aliphatic heterocycles. The molecule has 0 atom stereocenters. The van der Waals surface area contributed by atoms with E-state index < -0.39 is 0 Å². The van der Waals surface area contributed by atoms with Gasteiger partial charge in [-0.2, -0.15) is 5.26 Å². The predicted molar refractivity (Wildman–Crippen MR) is 116 cm³/mol. The normalized spacial score (nSPS) is 10.3. The Bertz CT molecular complexity index is 1160. The van der Waals surface area contributed by atoms with Crippen molar-refractivity contribution < 1.29 is 4.74 Å². The van der Waals surface area contributed by atoms with Crippen molar-refractivity contribution in [2.75, 3.05) is 5.32 Å². The van der Waals surface area contributed by atoms with E-state index in [4.69, 9.17) is 10.00 Å². The van der Waals surface area contributed by atoms with Crippen molar-refractivity contribution in [2.24, 2.45) is 0 Å². The van der Waals surface area contributed by atoms with E-state index in [2.05, 4.69) is 21.4 Å². The van der Waals surface area contributed by atoms with Crippen molar-refractivity contribution in [2.45, 2.75) is 13.3 Å². The molecule has 0 aliphatic carbocycles. The third kappa shape index (κ3) is 4.60. The number of hydrogen-bond donors (Lipinski definition) is 1. The number of nitrogens with zero attached hydrogens (tertiary/aromatic N) is 3. The van der Waals surface area contributed by atoms with Gasteiger partial charge >= 0.3 is 0 Å². The van der Waals surface area contributed by atoms with Crippen LogP contribution in [-0.2, 0) is 6.42 Å². The van der Waals surface area contributed by atoms with Gasteiger partial charge in [-0.1, -0.05) is 53.8 Å². The molecule has 4 aromatic rings. The number of nitriles is 1. The number of hydrogen-bond acceptors (Lipinski definition) is 6. The number of aromatic nitrogens is 2. The molecule has 0 unspecified atom stereocenters. The van der Waals surface area contributed by atoms with Gasteiger partial charge < -0.3 is 10.1 Å². The molecular weight excluding hydrogens is 380 g/mol. The molecule has 142 valence electrons. The molecule has 6 heteroatoms. The summed E-state index contributed by atoms with van der Waals surface area (Å²) in [6.07, 6.45) is 2.08. The quantitative estimate of drug-likeness (QED) is 0.424. The van der Waals surface area contributed by atoms with E-state index in [9.17, 15) is 0 Å². The van der Waals surface area contributed by atoms with Crippen LogP contribution in [0, 0.1) is 18.3 Å². The van der Waals surface area contributed by atoms with Crippen molar-refractivity contribution >= 4 is 22.8 Å². The Kier molecular flexibility index (Phi) is 5.50. The molecule has 0 saturated heterocycles. The van der Waals surface area contributed by atoms with Gasteiger partial charge in [-0.05, 0) is 30.7 Å². The minimum atomic E-state index is 0.374. The smallest absolute Gasteiger partial charge is 0.208 e. The van der Waals surface area contributed by atoms with Gasteiger partial charge in [0.05, 0.1) is 17.5 Å². The van der Waals surface area contributed by atoms with Gasteiger partial charge in [0.25, 0.3) is 0 Å². The maximum atomic E-state index is 8.88. The van der Waals surface area contributed by atoms with Crippen LogP contribution in [-0.4, -0.2) is 9.97 Å². The topological polar surface area (TPSA) is 70.8 Å². The second-order valence-corrected chi connectivity index (χ2v) is 7.54. The molecule has 2 aromatic heterocycles. The van der Waals surface area contributed by atoms with Crippen molar-refractivity contribution in [3.63, 3.8) is 0 Å². The minimum absolute atomic E-state index is 0.374. The molecule has 4 rings (SSSR count). The molecule has 2 aromatic carbocycles. The number of pyridine rings is 1. The monoisotopic (exact) mass is 398 g/mol. The molecular formula is C23H18N4OS. The Hall–Kier alpha value is -3.69. The first-order valence-electron chi connectivity index (χ1n) is 9.11. The highest BCUT2D eigenvalue weighted by Crippen LogP contribution is 2.38. The maximum Gasteiger partial charge on any atom is 0.208 e. The summed E-state index contributed by atoms with van der Waals surface area (Å²) in [6.45, 7) is 1.97. The van der Waals surface area contributed by atoms with Crippen LogP contribution in [0.1, 0.15) is 10.6 Å². The summed E-state index contributed by atoms with van der Waals surface area (Å²) in [5.74, 6) is 1.34. The standard InChI is InChI=1S/C23H18N4OS/c1-16-26-22(18-7-3-2-4-8-18)23(29-16)28-20-11-13-25-21(15-20)27-19-9-5-6-17(14-19)10-12-24/h2-9,11,13-15H,10H2,1H3,(H,25,27). The SMILES string of the molecule is Cc1nc(-c2ccccc2)c(Oc2ccnc(Nc3cccc(CC#N)c3)c2)s1. The summed E-state index contributed by atoms with van der Waals surface area (Å²) in [4.78, 5) is 9.00. The van der Waals surface area contributed by atoms with Crippen LogP contribution >= 0.6 is 11.3 Å². The third-order valence-electron chi connectivity index (χ3n) is 4.17. The van der Waals surface area contributed by atoms with Crippen LogP contribution < -0.4 is 10.1 Å². The van der Waals surface area contributed by atoms with Crippen molar-refractivity contribution in [3.8, 4) is 28.1 Å². The lowest BCUT2D eigenvalue weighted by molar-refractivity contribution is 0.496. The minimum Gasteiger partial charge on any atom is -0.444 e. The second-order valence-electron chi connectivity index (χ2n) is 6.37. The summed E-state index contributed by atoms with van der Waals surface area (Å²) in [5, 5.41) is 13.8. The fraction of sp³-hybridized carbons (Fsp3) is 0.0870. The zero-order chi connectivity index (χ0) is 20.1. The number of anilines is 2. The van der Waals surface area contributed by atoms with Gasteiger partial charge in [0.1, 0.15) is 17.3 Å². The highest BCUT2D eigenvalue weighted by atomic mass is 32.1. The van der Waals surface area contributed by atoms with Crippen LogP contribution in [0.4, 0.5) is 11.5 Å². The first-order valence-corrected chi connectivity index (χ1v) is 9.92. The molecule has 2 heterocycles. The van der Waals surface area contributed by atoms with E-state index >= 15 is 0 Å². The number of nitrogens with one attached hydrogen (secondary N) is 1. The van der Waals surface area contributed by atoms with E-state index in [1.165, 1.54) is 11.3 Å². The predicted octanol–water partition coefficient (Wildman–Crippen LogP) is 6.12. The van der Waals surface area contributed by atoms with Crippen molar-refractivity contribution in [1.82, 2.24) is 9.97 Å². The van der Waals surface area contributed by atoms with Crippen LogP contribution in [0.5, 0.6) is 10.8 Å². The number of ether oxygens (including phenoxy) is 1. The molecule has 29 heavy (non-hydrogen) atoms. The zero-order valence-corrected chi connectivity index (χ0v) is 16.6. The van der Waals surface area contributed by atoms with Crippen LogP contribution in [0.25, 0.3) is 11.3 Å². The number of benzene rings is 2. The summed E-state index contributed by atoms with van der Waals surface area (Å²) in [5.41, 5.74) is 3.69. The molecule has 0 aliphatic rings. The van der Waals surface area contributed by atoms with Gasteiger partial charge in [-0.15, -0.1) is 0 Å². The average molecular weight is 398 g/mol. The van der Waals surface area contributed by atoms with Crippen LogP contribution in [0.15, 0.2) is 72.9 Å². The van der Waals surface area contributed by atoms with Gasteiger partial charge in [-0.3, -0.25) is 0 Å². The van der Waals surface area contributed by atoms with Gasteiger partial charge in [0.2, 0.25) is 5.06 Å². The number of rotatable bonds is 6. The lowest BCUT2D eigenvalue weighted by Gasteiger charge is -2.09. The Morgan fingerprint density at radius 1 is 1.07 bits per heavy atom. The third-order valence-corrected chi connectivity index (χ3v) is 5.02. The second kappa shape index (κ2) is 8.55. The van der Waals surface area contributed by atoms with E-state index in [-0.39, 0.29) is 0 Å². The highest BCUT2D eigenvalue weighted by molar-refractivity contribution is 7.13. The summed E-state index contributed by atoms with van der Waals surface area (Å²) < 4.78 is 6.16. The Morgan fingerprint density at radius 2 is 1.93 bits per heavy atom. The number of aryl methyl sites for hydroxylation is 1. The van der Waals surface area contributed by atoms with Crippen molar-refractivity contribution in [3.05, 3.63) is 83.5 Å². The fourth-order valence-corrected chi connectivity index (χ4v) is 3.71. The Balaban J connectivity index is 1.56. The first kappa shape index (κ1) is 18.7. The summed E-state index contributed by atoms with van der Waals surface area (Å²) in [6, 6.07) is 23.6. The molecule has 0 saturated carbocycles. The zero-order valence-electron chi connectivity index (χ0n) is 15.8. The molecule has 0 radical (unpaired) electrons. The van der Waals surface area contributed by atoms with E-state index in [1.807, 2.05) is 73.7 Å². The van der Waals surface area contributed by atoms with Gasteiger partial charge in [0.15, 0.2) is 0 Å². The molecule has 5 nitrogen and oxygen atoms in total. The first-order chi connectivity index (χ1) is 14.2. The van der Waals surface area contributed by atoms with E-state index in [0.717, 1.165) is 32.6 Å². The maximum absolute atomic E-state index is 8.88. The van der Waals surface area contributed by atoms with Crippen LogP contribution in [0.3, 0.4) is 0 Å². The molecule has 0 fully saturated rings. The fourth-order valence-electron chi connectivity index (χ4n) is 2.90. The molecule has 1 N–H and O–H groups in total. The van der Waals surface area contributed by atoms with Crippen LogP contribution in [0.2, 0.25) is 0 Å². The highest BCUT2D eigenvalue weighted by Gasteiger charge is 2.14. The Morgan fingerprint density at radius 3 is 2.76 bits per heavy atom. The van der Waals surface area contributed by atoms with E-state index in [0.29, 0.717) is 18.0 Å². The largest absolute Gasteiger partial charge is 0.444 e. The molecule has 0 bridgehead atoms.